The van der Waals surface area contributed by atoms with E-state index in [1.165, 1.54) is 60.0 Å². The lowest BCUT2D eigenvalue weighted by Crippen LogP contribution is -2.28. The predicted molar refractivity (Wildman–Crippen MR) is 140 cm³/mol. The molecular formula is C30H31N3O2. The number of carbonyl (C=O) groups is 1. The molecule has 0 radical (unpaired) electrons. The number of carboxylic acids is 1. The first-order valence-electron chi connectivity index (χ1n) is 12.8. The lowest BCUT2D eigenvalue weighted by Gasteiger charge is -2.26. The Morgan fingerprint density at radius 2 is 1.80 bits per heavy atom. The normalized spacial score (nSPS) is 16.1. The maximum atomic E-state index is 11.8. The fourth-order valence-electron chi connectivity index (χ4n) is 6.15. The number of nitrogens with zero attached hydrogens (tertiary/aromatic N) is 3. The molecule has 1 N–H and O–H groups in total. The van der Waals surface area contributed by atoms with Gasteiger partial charge in [-0.3, -0.25) is 4.98 Å². The standard InChI is InChI=1S/C30H31N3O2/c34-30(35)22-13-14-24-27(20-22)33-19-18-32(17-15-23-10-6-7-16-31-23)26-12-5-4-11-25(26)29(33)28(24)21-8-2-1-3-9-21/h4-7,10-14,16,20-21H,1-3,8-9,15,17-19H2,(H,34,35). The molecule has 0 unspecified atom stereocenters. The summed E-state index contributed by atoms with van der Waals surface area (Å²) in [7, 11) is 0. The lowest BCUT2D eigenvalue weighted by atomic mass is 9.81. The highest BCUT2D eigenvalue weighted by atomic mass is 16.4. The fourth-order valence-corrected chi connectivity index (χ4v) is 6.15. The highest BCUT2D eigenvalue weighted by Gasteiger charge is 2.30. The van der Waals surface area contributed by atoms with Crippen molar-refractivity contribution in [1.82, 2.24) is 9.55 Å². The zero-order valence-corrected chi connectivity index (χ0v) is 20.0. The Morgan fingerprint density at radius 1 is 0.971 bits per heavy atom. The molecule has 1 aliphatic carbocycles. The van der Waals surface area contributed by atoms with Crippen molar-refractivity contribution in [3.05, 3.63) is 83.7 Å². The van der Waals surface area contributed by atoms with Crippen LogP contribution < -0.4 is 4.90 Å². The van der Waals surface area contributed by atoms with Crippen LogP contribution in [0, 0.1) is 0 Å². The molecule has 0 atom stereocenters. The SMILES string of the molecule is O=C(O)c1ccc2c(C3CCCCC3)c3n(c2c1)CCN(CCc1ccccn1)c1ccccc1-3. The van der Waals surface area contributed by atoms with Crippen LogP contribution >= 0.6 is 0 Å². The van der Waals surface area contributed by atoms with Gasteiger partial charge in [-0.1, -0.05) is 49.6 Å². The van der Waals surface area contributed by atoms with Gasteiger partial charge in [0.15, 0.2) is 0 Å². The summed E-state index contributed by atoms with van der Waals surface area (Å²) in [6, 6.07) is 20.6. The lowest BCUT2D eigenvalue weighted by molar-refractivity contribution is 0.0697. The second kappa shape index (κ2) is 9.21. The summed E-state index contributed by atoms with van der Waals surface area (Å²) >= 11 is 0. The number of rotatable bonds is 5. The van der Waals surface area contributed by atoms with Crippen molar-refractivity contribution in [2.75, 3.05) is 18.0 Å². The number of anilines is 1. The van der Waals surface area contributed by atoms with E-state index in [1.807, 2.05) is 24.4 Å². The van der Waals surface area contributed by atoms with E-state index in [4.69, 9.17) is 0 Å². The van der Waals surface area contributed by atoms with E-state index in [0.29, 0.717) is 11.5 Å². The average molecular weight is 466 g/mol. The Morgan fingerprint density at radius 3 is 2.60 bits per heavy atom. The molecule has 0 spiro atoms. The van der Waals surface area contributed by atoms with Crippen molar-refractivity contribution in [3.63, 3.8) is 0 Å². The van der Waals surface area contributed by atoms with E-state index in [2.05, 4.69) is 50.8 Å². The van der Waals surface area contributed by atoms with Crippen molar-refractivity contribution in [2.45, 2.75) is 51.0 Å². The third kappa shape index (κ3) is 3.99. The monoisotopic (exact) mass is 465 g/mol. The summed E-state index contributed by atoms with van der Waals surface area (Å²) in [6.45, 7) is 2.61. The summed E-state index contributed by atoms with van der Waals surface area (Å²) in [5, 5.41) is 10.9. The molecule has 0 amide bonds. The number of benzene rings is 2. The highest BCUT2D eigenvalue weighted by Crippen LogP contribution is 2.47. The molecule has 1 aliphatic heterocycles. The molecule has 0 bridgehead atoms. The highest BCUT2D eigenvalue weighted by molar-refractivity contribution is 5.99. The maximum absolute atomic E-state index is 11.8. The first-order valence-corrected chi connectivity index (χ1v) is 12.8. The van der Waals surface area contributed by atoms with Gasteiger partial charge >= 0.3 is 5.97 Å². The van der Waals surface area contributed by atoms with Gasteiger partial charge in [0.1, 0.15) is 0 Å². The minimum Gasteiger partial charge on any atom is -0.478 e. The number of aromatic carboxylic acids is 1. The molecule has 1 saturated carbocycles. The summed E-state index contributed by atoms with van der Waals surface area (Å²) in [4.78, 5) is 18.8. The van der Waals surface area contributed by atoms with Gasteiger partial charge in [0.05, 0.1) is 11.3 Å². The Kier molecular flexibility index (Phi) is 5.77. The second-order valence-corrected chi connectivity index (χ2v) is 9.86. The van der Waals surface area contributed by atoms with E-state index in [-0.39, 0.29) is 0 Å². The quantitative estimate of drug-likeness (QED) is 0.365. The Labute approximate surface area is 206 Å². The van der Waals surface area contributed by atoms with E-state index in [1.54, 1.807) is 6.07 Å². The molecule has 35 heavy (non-hydrogen) atoms. The van der Waals surface area contributed by atoms with Gasteiger partial charge in [0, 0.05) is 60.1 Å². The molecule has 2 aromatic carbocycles. The molecule has 5 nitrogen and oxygen atoms in total. The molecule has 1 fully saturated rings. The molecule has 3 heterocycles. The number of aromatic nitrogens is 2. The largest absolute Gasteiger partial charge is 0.478 e. The van der Waals surface area contributed by atoms with Crippen molar-refractivity contribution >= 4 is 22.6 Å². The van der Waals surface area contributed by atoms with Gasteiger partial charge in [-0.2, -0.15) is 0 Å². The van der Waals surface area contributed by atoms with Crippen LogP contribution in [0.5, 0.6) is 0 Å². The summed E-state index contributed by atoms with van der Waals surface area (Å²) in [5.74, 6) is -0.348. The molecule has 2 aromatic heterocycles. The minimum atomic E-state index is -0.868. The number of carboxylic acid groups (broad SMARTS) is 1. The average Bonchev–Trinajstić information content (AvgIpc) is 3.14. The van der Waals surface area contributed by atoms with Crippen LogP contribution in [0.1, 0.15) is 59.6 Å². The first kappa shape index (κ1) is 21.9. The topological polar surface area (TPSA) is 58.4 Å². The number of hydrogen-bond donors (Lipinski definition) is 1. The summed E-state index contributed by atoms with van der Waals surface area (Å²) in [6.07, 6.45) is 9.01. The number of fused-ring (bicyclic) bond motifs is 5. The zero-order valence-electron chi connectivity index (χ0n) is 20.0. The molecular weight excluding hydrogens is 434 g/mol. The first-order chi connectivity index (χ1) is 17.2. The van der Waals surface area contributed by atoms with Crippen molar-refractivity contribution < 1.29 is 9.90 Å². The van der Waals surface area contributed by atoms with E-state index < -0.39 is 5.97 Å². The van der Waals surface area contributed by atoms with Crippen molar-refractivity contribution in [3.8, 4) is 11.3 Å². The third-order valence-electron chi connectivity index (χ3n) is 7.82. The molecule has 5 heteroatoms. The van der Waals surface area contributed by atoms with Gasteiger partial charge in [0.2, 0.25) is 0 Å². The Bertz CT molecular complexity index is 1370. The Hall–Kier alpha value is -3.60. The van der Waals surface area contributed by atoms with E-state index in [0.717, 1.165) is 37.3 Å². The molecule has 4 aromatic rings. The van der Waals surface area contributed by atoms with E-state index in [9.17, 15) is 9.90 Å². The van der Waals surface area contributed by atoms with Crippen LogP contribution in [0.3, 0.4) is 0 Å². The smallest absolute Gasteiger partial charge is 0.335 e. The van der Waals surface area contributed by atoms with Gasteiger partial charge in [-0.25, -0.2) is 4.79 Å². The van der Waals surface area contributed by atoms with Crippen molar-refractivity contribution in [2.24, 2.45) is 0 Å². The molecule has 6 rings (SSSR count). The van der Waals surface area contributed by atoms with Crippen LogP contribution in [-0.4, -0.2) is 33.7 Å². The second-order valence-electron chi connectivity index (χ2n) is 9.86. The predicted octanol–water partition coefficient (Wildman–Crippen LogP) is 6.51. The number of hydrogen-bond acceptors (Lipinski definition) is 3. The van der Waals surface area contributed by atoms with Gasteiger partial charge < -0.3 is 14.6 Å². The molecule has 0 saturated heterocycles. The van der Waals surface area contributed by atoms with Crippen LogP contribution in [0.4, 0.5) is 5.69 Å². The van der Waals surface area contributed by atoms with Crippen LogP contribution in [0.15, 0.2) is 66.9 Å². The number of pyridine rings is 1. The van der Waals surface area contributed by atoms with Gasteiger partial charge in [-0.15, -0.1) is 0 Å². The van der Waals surface area contributed by atoms with Crippen LogP contribution in [0.25, 0.3) is 22.2 Å². The minimum absolute atomic E-state index is 0.359. The van der Waals surface area contributed by atoms with Gasteiger partial charge in [-0.05, 0) is 54.7 Å². The molecule has 2 aliphatic rings. The van der Waals surface area contributed by atoms with Gasteiger partial charge in [0.25, 0.3) is 0 Å². The zero-order chi connectivity index (χ0) is 23.8. The van der Waals surface area contributed by atoms with Crippen molar-refractivity contribution in [1.29, 1.82) is 0 Å². The third-order valence-corrected chi connectivity index (χ3v) is 7.82. The van der Waals surface area contributed by atoms with E-state index >= 15 is 0 Å². The van der Waals surface area contributed by atoms with Crippen LogP contribution in [-0.2, 0) is 13.0 Å². The Balaban J connectivity index is 1.50. The number of para-hydroxylation sites is 1. The fraction of sp³-hybridized carbons (Fsp3) is 0.333. The molecule has 178 valence electrons. The summed E-state index contributed by atoms with van der Waals surface area (Å²) < 4.78 is 2.41. The summed E-state index contributed by atoms with van der Waals surface area (Å²) in [5.41, 5.74) is 7.77. The van der Waals surface area contributed by atoms with Crippen LogP contribution in [0.2, 0.25) is 0 Å². The maximum Gasteiger partial charge on any atom is 0.335 e.